The van der Waals surface area contributed by atoms with Gasteiger partial charge in [0.25, 0.3) is 0 Å². The van der Waals surface area contributed by atoms with Gasteiger partial charge < -0.3 is 60.5 Å². The number of benzene rings is 4. The molecule has 4 fully saturated rings. The third-order valence-electron chi connectivity index (χ3n) is 18.1. The first-order chi connectivity index (χ1) is 50.9. The Morgan fingerprint density at radius 3 is 1.30 bits per heavy atom. The van der Waals surface area contributed by atoms with E-state index in [0.29, 0.717) is 133 Å². The molecule has 0 saturated carbocycles. The average molecular weight is 1540 g/mol. The third-order valence-corrected chi connectivity index (χ3v) is 18.9. The van der Waals surface area contributed by atoms with Crippen LogP contribution in [0.25, 0.3) is 0 Å². The number of nitrogens with zero attached hydrogens (tertiary/aromatic N) is 12. The van der Waals surface area contributed by atoms with Gasteiger partial charge in [-0.1, -0.05) is 128 Å². The fraction of sp³-hybridized carbons (Fsp3) is 0.377. The first-order valence-corrected chi connectivity index (χ1v) is 36.1. The summed E-state index contributed by atoms with van der Waals surface area (Å²) in [4.78, 5) is 81.8. The first-order valence-electron chi connectivity index (χ1n) is 35.0. The van der Waals surface area contributed by atoms with E-state index in [0.717, 1.165) is 77.2 Å². The van der Waals surface area contributed by atoms with E-state index in [2.05, 4.69) is 101 Å². The largest absolute Gasteiger partial charge is 0.417 e. The van der Waals surface area contributed by atoms with E-state index in [1.165, 1.54) is 29.8 Å². The van der Waals surface area contributed by atoms with Gasteiger partial charge >= 0.3 is 36.5 Å². The Morgan fingerprint density at radius 2 is 0.841 bits per heavy atom. The van der Waals surface area contributed by atoms with Gasteiger partial charge in [-0.2, -0.15) is 26.3 Å². The van der Waals surface area contributed by atoms with Crippen LogP contribution in [-0.2, 0) is 37.3 Å². The maximum atomic E-state index is 13.1. The van der Waals surface area contributed by atoms with E-state index in [9.17, 15) is 49.9 Å². The van der Waals surface area contributed by atoms with Gasteiger partial charge in [-0.15, -0.1) is 0 Å². The van der Waals surface area contributed by atoms with Crippen molar-refractivity contribution in [1.29, 1.82) is 0 Å². The summed E-state index contributed by atoms with van der Waals surface area (Å²) in [5.74, 6) is 2.50. The number of carbonyl (C=O) groups excluding carboxylic acids is 4. The van der Waals surface area contributed by atoms with Gasteiger partial charge in [0.05, 0.1) is 26.2 Å². The van der Waals surface area contributed by atoms with Crippen LogP contribution in [0.1, 0.15) is 73.6 Å². The van der Waals surface area contributed by atoms with Gasteiger partial charge in [0.2, 0.25) is 0 Å². The van der Waals surface area contributed by atoms with Crippen molar-refractivity contribution in [1.82, 2.24) is 55.5 Å². The summed E-state index contributed by atoms with van der Waals surface area (Å²) < 4.78 is 88.9. The van der Waals surface area contributed by atoms with Crippen LogP contribution in [0.15, 0.2) is 170 Å². The number of urea groups is 4. The minimum atomic E-state index is -4.48. The number of hydrogen-bond acceptors (Lipinski definition) is 12. The first kappa shape index (κ1) is 81.2. The second-order valence-corrected chi connectivity index (χ2v) is 28.8. The molecule has 4 N–H and O–H groups in total. The number of rotatable bonds is 12. The van der Waals surface area contributed by atoms with Crippen molar-refractivity contribution in [3.63, 3.8) is 0 Å². The molecule has 30 heteroatoms. The zero-order chi connectivity index (χ0) is 77.1. The van der Waals surface area contributed by atoms with Crippen molar-refractivity contribution in [2.45, 2.75) is 84.4 Å². The van der Waals surface area contributed by atoms with Crippen molar-refractivity contribution in [3.05, 3.63) is 230 Å². The molecule has 12 rings (SSSR count). The Hall–Kier alpha value is -9.86. The molecule has 0 atom stereocenters. The number of piperazine rings is 4. The van der Waals surface area contributed by atoms with Crippen molar-refractivity contribution in [3.8, 4) is 0 Å². The topological polar surface area (TPSA) is 194 Å². The number of anilines is 5. The number of amides is 8. The molecule has 0 bridgehead atoms. The fourth-order valence-electron chi connectivity index (χ4n) is 12.1. The minimum Gasteiger partial charge on any atom is -0.353 e. The molecule has 0 aliphatic carbocycles. The molecule has 0 spiro atoms. The fourth-order valence-corrected chi connectivity index (χ4v) is 12.9. The molecule has 4 aliphatic rings. The summed E-state index contributed by atoms with van der Waals surface area (Å²) in [5, 5.41) is 12.8. The van der Waals surface area contributed by atoms with Crippen molar-refractivity contribution in [2.24, 2.45) is 0 Å². The summed E-state index contributed by atoms with van der Waals surface area (Å²) >= 11 is 18.4. The van der Waals surface area contributed by atoms with Crippen LogP contribution in [-0.4, -0.2) is 174 Å². The van der Waals surface area contributed by atoms with E-state index in [1.54, 1.807) is 56.4 Å². The summed E-state index contributed by atoms with van der Waals surface area (Å²) in [6.07, 6.45) is -2.26. The number of hydrogen-bond donors (Lipinski definition) is 4. The van der Waals surface area contributed by atoms with E-state index >= 15 is 0 Å². The molecule has 107 heavy (non-hydrogen) atoms. The summed E-state index contributed by atoms with van der Waals surface area (Å²) in [6.45, 7) is 22.9. The molecule has 4 saturated heterocycles. The van der Waals surface area contributed by atoms with Gasteiger partial charge in [-0.05, 0) is 133 Å². The maximum absolute atomic E-state index is 13.1. The van der Waals surface area contributed by atoms with Crippen LogP contribution in [0.2, 0.25) is 15.1 Å². The Kier molecular flexibility index (Phi) is 28.2. The van der Waals surface area contributed by atoms with Crippen molar-refractivity contribution >= 4 is 87.9 Å². The predicted octanol–water partition coefficient (Wildman–Crippen LogP) is 15.3. The summed E-state index contributed by atoms with van der Waals surface area (Å²) in [7, 11) is 0. The SMILES string of the molecule is CC(C)(C)c1cccc(CNC(=O)N2CCN(c3ncccc3Cl)CC2)c1.CC(C)(Cc1ccc(F)cc1)NC(=O)N1CCN(c2ncccc2Cl)CC1.Cc1cccnc1N1CCN(C(=O)Nc2ccc(C(F)(F)F)cc2)CC1.O=C(NCc1ccccc1)N1CCN(c2ncc(C(F)(F)F)cc2Cl)CC1. The normalized spacial score (nSPS) is 15.0. The van der Waals surface area contributed by atoms with Crippen LogP contribution in [0, 0.1) is 12.7 Å². The molecule has 0 unspecified atom stereocenters. The molecule has 0 radical (unpaired) electrons. The van der Waals surface area contributed by atoms with Crippen LogP contribution < -0.4 is 40.9 Å². The predicted molar refractivity (Wildman–Crippen MR) is 406 cm³/mol. The molecular weight excluding hydrogens is 1450 g/mol. The highest BCUT2D eigenvalue weighted by atomic mass is 35.5. The number of pyridine rings is 4. The number of aryl methyl sites for hydroxylation is 1. The van der Waals surface area contributed by atoms with E-state index in [1.807, 2.05) is 86.3 Å². The molecule has 8 aromatic rings. The molecule has 20 nitrogen and oxygen atoms in total. The van der Waals surface area contributed by atoms with Gasteiger partial charge in [0, 0.05) is 154 Å². The summed E-state index contributed by atoms with van der Waals surface area (Å²) in [5.41, 5.74) is 3.84. The summed E-state index contributed by atoms with van der Waals surface area (Å²) in [6, 6.07) is 40.2. The standard InChI is InChI=1S/C21H27ClN4O.C20H24ClFN4O.C18H18ClF3N4O.C18H19F3N4O/c1-21(2,3)17-7-4-6-16(14-17)15-24-20(27)26-12-10-25(11-13-26)19-18(22)8-5-9-23-19;1-20(2,14-15-5-7-16(22)8-6-15)24-19(27)26-12-10-25(11-13-26)18-17(21)4-3-9-23-18;19-15-10-14(18(20,21)22)12-23-16(15)25-6-8-26(9-7-25)17(27)24-11-13-4-2-1-3-5-13;1-13-3-2-8-22-16(13)24-9-11-25(12-10-24)17(26)23-15-6-4-14(5-7-15)18(19,20)21/h4-9,14H,10-13,15H2,1-3H3,(H,24,27);3-9H,10-14H2,1-2H3,(H,24,27);1-5,10,12H,6-9,11H2,(H,24,27);2-8H,9-12H2,1H3,(H,23,26). The highest BCUT2D eigenvalue weighted by Crippen LogP contribution is 2.35. The maximum Gasteiger partial charge on any atom is 0.417 e. The molecule has 4 aromatic heterocycles. The van der Waals surface area contributed by atoms with E-state index in [4.69, 9.17) is 34.8 Å². The quantitative estimate of drug-likeness (QED) is 0.0847. The van der Waals surface area contributed by atoms with Crippen LogP contribution in [0.4, 0.5) is 78.9 Å². The number of alkyl halides is 6. The smallest absolute Gasteiger partial charge is 0.353 e. The number of nitrogens with one attached hydrogen (secondary N) is 4. The zero-order valence-corrected chi connectivity index (χ0v) is 62.6. The lowest BCUT2D eigenvalue weighted by Crippen LogP contribution is -2.56. The second kappa shape index (κ2) is 37.1. The van der Waals surface area contributed by atoms with Gasteiger partial charge in [0.15, 0.2) is 0 Å². The molecule has 570 valence electrons. The molecule has 4 aromatic carbocycles. The van der Waals surface area contributed by atoms with Crippen LogP contribution in [0.5, 0.6) is 0 Å². The number of carbonyl (C=O) groups is 4. The lowest BCUT2D eigenvalue weighted by Gasteiger charge is -2.37. The van der Waals surface area contributed by atoms with Gasteiger partial charge in [0.1, 0.15) is 29.1 Å². The highest BCUT2D eigenvalue weighted by molar-refractivity contribution is 6.33. The van der Waals surface area contributed by atoms with E-state index < -0.39 is 29.0 Å². The average Bonchev–Trinajstić information content (AvgIpc) is 0.902. The van der Waals surface area contributed by atoms with Crippen molar-refractivity contribution < 1.29 is 49.9 Å². The second-order valence-electron chi connectivity index (χ2n) is 27.6. The molecular formula is C77H88Cl3F7N16O4. The van der Waals surface area contributed by atoms with Gasteiger partial charge in [-0.3, -0.25) is 0 Å². The third kappa shape index (κ3) is 24.1. The Bertz CT molecular complexity index is 4230. The number of halogens is 10. The highest BCUT2D eigenvalue weighted by Gasteiger charge is 2.34. The molecule has 8 amide bonds. The monoisotopic (exact) mass is 1540 g/mol. The Balaban J connectivity index is 0.000000165. The Morgan fingerprint density at radius 1 is 0.411 bits per heavy atom. The zero-order valence-electron chi connectivity index (χ0n) is 60.4. The van der Waals surface area contributed by atoms with Gasteiger partial charge in [-0.25, -0.2) is 43.5 Å². The molecule has 8 heterocycles. The minimum absolute atomic E-state index is 0.0251. The Labute approximate surface area is 634 Å². The lowest BCUT2D eigenvalue weighted by molar-refractivity contribution is -0.138. The number of aromatic nitrogens is 4. The van der Waals surface area contributed by atoms with Crippen molar-refractivity contribution in [2.75, 3.05) is 130 Å². The van der Waals surface area contributed by atoms with Crippen LogP contribution >= 0.6 is 34.8 Å². The van der Waals surface area contributed by atoms with E-state index in [-0.39, 0.29) is 40.4 Å². The van der Waals surface area contributed by atoms with Crippen LogP contribution in [0.3, 0.4) is 0 Å². The molecule has 4 aliphatic heterocycles. The lowest BCUT2D eigenvalue weighted by atomic mass is 9.86.